The standard InChI is InChI=1S/C18H29N3O/c1-15(21-9-7-20(8-10-21)11-12-22)13-16-4-5-18-17(14-16)3-2-6-19-18/h4-5,14-15,19,22H,2-3,6-13H2,1H3. The van der Waals surface area contributed by atoms with Gasteiger partial charge in [0.2, 0.25) is 0 Å². The van der Waals surface area contributed by atoms with Gasteiger partial charge in [-0.25, -0.2) is 0 Å². The molecule has 2 N–H and O–H groups in total. The third kappa shape index (κ3) is 3.80. The number of piperazine rings is 1. The Labute approximate surface area is 134 Å². The molecule has 1 saturated heterocycles. The Kier molecular flexibility index (Phi) is 5.34. The molecule has 0 amide bonds. The van der Waals surface area contributed by atoms with Gasteiger partial charge >= 0.3 is 0 Å². The fourth-order valence-electron chi connectivity index (χ4n) is 3.69. The van der Waals surface area contributed by atoms with Crippen molar-refractivity contribution in [3.05, 3.63) is 29.3 Å². The summed E-state index contributed by atoms with van der Waals surface area (Å²) >= 11 is 0. The van der Waals surface area contributed by atoms with Crippen LogP contribution in [-0.4, -0.2) is 66.8 Å². The molecule has 3 rings (SSSR count). The zero-order chi connectivity index (χ0) is 15.4. The van der Waals surface area contributed by atoms with E-state index in [2.05, 4.69) is 40.2 Å². The number of nitrogens with one attached hydrogen (secondary N) is 1. The van der Waals surface area contributed by atoms with E-state index >= 15 is 0 Å². The number of nitrogens with zero attached hydrogens (tertiary/aromatic N) is 2. The Morgan fingerprint density at radius 2 is 2.05 bits per heavy atom. The van der Waals surface area contributed by atoms with Crippen LogP contribution >= 0.6 is 0 Å². The average molecular weight is 303 g/mol. The van der Waals surface area contributed by atoms with Crippen LogP contribution in [0.1, 0.15) is 24.5 Å². The highest BCUT2D eigenvalue weighted by atomic mass is 16.3. The van der Waals surface area contributed by atoms with E-state index in [1.165, 1.54) is 29.7 Å². The molecule has 0 saturated carbocycles. The lowest BCUT2D eigenvalue weighted by Gasteiger charge is -2.38. The van der Waals surface area contributed by atoms with E-state index in [0.29, 0.717) is 6.04 Å². The second-order valence-corrected chi connectivity index (χ2v) is 6.68. The van der Waals surface area contributed by atoms with Gasteiger partial charge in [-0.05, 0) is 43.4 Å². The minimum Gasteiger partial charge on any atom is -0.395 e. The summed E-state index contributed by atoms with van der Waals surface area (Å²) in [7, 11) is 0. The largest absolute Gasteiger partial charge is 0.395 e. The summed E-state index contributed by atoms with van der Waals surface area (Å²) in [5.41, 5.74) is 4.29. The van der Waals surface area contributed by atoms with E-state index in [4.69, 9.17) is 5.11 Å². The van der Waals surface area contributed by atoms with E-state index < -0.39 is 0 Å². The molecule has 4 heteroatoms. The van der Waals surface area contributed by atoms with Gasteiger partial charge in [0.1, 0.15) is 0 Å². The van der Waals surface area contributed by atoms with Crippen molar-refractivity contribution >= 4 is 5.69 Å². The molecule has 1 fully saturated rings. The number of β-amino-alcohol motifs (C(OH)–C–C–N with tert-alkyl or cyclic N) is 1. The van der Waals surface area contributed by atoms with E-state index in [9.17, 15) is 0 Å². The molecule has 0 spiro atoms. The predicted molar refractivity (Wildman–Crippen MR) is 91.5 cm³/mol. The molecule has 0 aliphatic carbocycles. The zero-order valence-electron chi connectivity index (χ0n) is 13.7. The van der Waals surface area contributed by atoms with Crippen molar-refractivity contribution < 1.29 is 5.11 Å². The normalized spacial score (nSPS) is 21.2. The van der Waals surface area contributed by atoms with E-state index in [0.717, 1.165) is 45.7 Å². The highest BCUT2D eigenvalue weighted by Crippen LogP contribution is 2.24. The lowest BCUT2D eigenvalue weighted by atomic mass is 9.97. The van der Waals surface area contributed by atoms with Crippen LogP contribution in [0.25, 0.3) is 0 Å². The van der Waals surface area contributed by atoms with Gasteiger partial charge in [0.25, 0.3) is 0 Å². The van der Waals surface area contributed by atoms with Crippen LogP contribution in [0, 0.1) is 0 Å². The maximum absolute atomic E-state index is 9.02. The molecule has 1 unspecified atom stereocenters. The molecule has 1 aromatic rings. The maximum atomic E-state index is 9.02. The van der Waals surface area contributed by atoms with E-state index in [1.54, 1.807) is 0 Å². The van der Waals surface area contributed by atoms with E-state index in [-0.39, 0.29) is 6.61 Å². The summed E-state index contributed by atoms with van der Waals surface area (Å²) in [6.07, 6.45) is 3.59. The second kappa shape index (κ2) is 7.44. The molecule has 0 bridgehead atoms. The maximum Gasteiger partial charge on any atom is 0.0558 e. The molecular weight excluding hydrogens is 274 g/mol. The summed E-state index contributed by atoms with van der Waals surface area (Å²) < 4.78 is 0. The molecule has 2 heterocycles. The first-order chi connectivity index (χ1) is 10.8. The molecule has 4 nitrogen and oxygen atoms in total. The Balaban J connectivity index is 1.54. The van der Waals surface area contributed by atoms with Crippen molar-refractivity contribution in [3.8, 4) is 0 Å². The Hall–Kier alpha value is -1.10. The number of benzene rings is 1. The van der Waals surface area contributed by atoms with Crippen molar-refractivity contribution in [2.75, 3.05) is 51.2 Å². The molecular formula is C18H29N3O. The lowest BCUT2D eigenvalue weighted by Crippen LogP contribution is -2.50. The SMILES string of the molecule is CC(Cc1ccc2c(c1)CCCN2)N1CCN(CCO)CC1. The molecule has 22 heavy (non-hydrogen) atoms. The third-order valence-electron chi connectivity index (χ3n) is 5.09. The molecule has 0 aromatic heterocycles. The Bertz CT molecular complexity index is 483. The van der Waals surface area contributed by atoms with Crippen molar-refractivity contribution in [1.29, 1.82) is 0 Å². The summed E-state index contributed by atoms with van der Waals surface area (Å²) in [6.45, 7) is 8.96. The van der Waals surface area contributed by atoms with Crippen LogP contribution in [0.2, 0.25) is 0 Å². The summed E-state index contributed by atoms with van der Waals surface area (Å²) in [6, 6.07) is 7.54. The van der Waals surface area contributed by atoms with Gasteiger partial charge in [-0.2, -0.15) is 0 Å². The molecule has 1 atom stereocenters. The van der Waals surface area contributed by atoms with Gasteiger partial charge in [-0.1, -0.05) is 12.1 Å². The molecule has 2 aliphatic heterocycles. The predicted octanol–water partition coefficient (Wildman–Crippen LogP) is 1.59. The number of anilines is 1. The van der Waals surface area contributed by atoms with Crippen LogP contribution in [0.3, 0.4) is 0 Å². The minimum atomic E-state index is 0.277. The summed E-state index contributed by atoms with van der Waals surface area (Å²) in [5.74, 6) is 0. The molecule has 2 aliphatic rings. The quantitative estimate of drug-likeness (QED) is 0.866. The number of aliphatic hydroxyl groups excluding tert-OH is 1. The second-order valence-electron chi connectivity index (χ2n) is 6.68. The van der Waals surface area contributed by atoms with Crippen LogP contribution in [0.5, 0.6) is 0 Å². The monoisotopic (exact) mass is 303 g/mol. The molecule has 122 valence electrons. The molecule has 1 aromatic carbocycles. The number of hydrogen-bond donors (Lipinski definition) is 2. The topological polar surface area (TPSA) is 38.7 Å². The van der Waals surface area contributed by atoms with Crippen LogP contribution < -0.4 is 5.32 Å². The average Bonchev–Trinajstić information content (AvgIpc) is 2.56. The number of aryl methyl sites for hydroxylation is 1. The molecule has 0 radical (unpaired) electrons. The van der Waals surface area contributed by atoms with Crippen LogP contribution in [0.15, 0.2) is 18.2 Å². The fraction of sp³-hybridized carbons (Fsp3) is 0.667. The number of aliphatic hydroxyl groups is 1. The highest BCUT2D eigenvalue weighted by molar-refractivity contribution is 5.54. The first-order valence-electron chi connectivity index (χ1n) is 8.69. The van der Waals surface area contributed by atoms with Gasteiger partial charge in [0, 0.05) is 51.0 Å². The number of rotatable bonds is 5. The van der Waals surface area contributed by atoms with Crippen molar-refractivity contribution in [2.45, 2.75) is 32.2 Å². The first kappa shape index (κ1) is 15.8. The first-order valence-corrected chi connectivity index (χ1v) is 8.69. The van der Waals surface area contributed by atoms with Crippen molar-refractivity contribution in [3.63, 3.8) is 0 Å². The van der Waals surface area contributed by atoms with Gasteiger partial charge in [0.15, 0.2) is 0 Å². The smallest absolute Gasteiger partial charge is 0.0558 e. The fourth-order valence-corrected chi connectivity index (χ4v) is 3.69. The zero-order valence-corrected chi connectivity index (χ0v) is 13.7. The highest BCUT2D eigenvalue weighted by Gasteiger charge is 2.21. The van der Waals surface area contributed by atoms with Gasteiger partial charge in [-0.15, -0.1) is 0 Å². The van der Waals surface area contributed by atoms with Gasteiger partial charge in [0.05, 0.1) is 6.61 Å². The van der Waals surface area contributed by atoms with Gasteiger partial charge < -0.3 is 10.4 Å². The van der Waals surface area contributed by atoms with Gasteiger partial charge in [-0.3, -0.25) is 9.80 Å². The van der Waals surface area contributed by atoms with E-state index in [1.807, 2.05) is 0 Å². The number of hydrogen-bond acceptors (Lipinski definition) is 4. The van der Waals surface area contributed by atoms with Crippen LogP contribution in [0.4, 0.5) is 5.69 Å². The van der Waals surface area contributed by atoms with Crippen molar-refractivity contribution in [2.24, 2.45) is 0 Å². The summed E-state index contributed by atoms with van der Waals surface area (Å²) in [4.78, 5) is 4.94. The Morgan fingerprint density at radius 1 is 1.23 bits per heavy atom. The van der Waals surface area contributed by atoms with Crippen LogP contribution in [-0.2, 0) is 12.8 Å². The summed E-state index contributed by atoms with van der Waals surface area (Å²) in [5, 5.41) is 12.5. The Morgan fingerprint density at radius 3 is 2.82 bits per heavy atom. The third-order valence-corrected chi connectivity index (χ3v) is 5.09. The van der Waals surface area contributed by atoms with Crippen molar-refractivity contribution in [1.82, 2.24) is 9.80 Å². The number of fused-ring (bicyclic) bond motifs is 1. The lowest BCUT2D eigenvalue weighted by molar-refractivity contribution is 0.0888. The minimum absolute atomic E-state index is 0.277.